The third kappa shape index (κ3) is 5.33. The topological polar surface area (TPSA) is 71.3 Å². The Morgan fingerprint density at radius 3 is 2.62 bits per heavy atom. The number of alkyl carbamates (subject to hydrolysis) is 1. The Bertz CT molecular complexity index is 695. The summed E-state index contributed by atoms with van der Waals surface area (Å²) in [6.45, 7) is 2.56. The third-order valence-corrected chi connectivity index (χ3v) is 3.28. The van der Waals surface area contributed by atoms with Gasteiger partial charge in [-0.25, -0.2) is 4.79 Å². The fourth-order valence-corrected chi connectivity index (χ4v) is 2.05. The second kappa shape index (κ2) is 9.21. The van der Waals surface area contributed by atoms with E-state index in [0.29, 0.717) is 23.6 Å². The van der Waals surface area contributed by atoms with E-state index < -0.39 is 12.2 Å². The molecular formula is C19H20N2O3. The normalized spacial score (nSPS) is 11.2. The first-order chi connectivity index (χ1) is 11.7. The van der Waals surface area contributed by atoms with Gasteiger partial charge < -0.3 is 14.8 Å². The van der Waals surface area contributed by atoms with Gasteiger partial charge in [0.15, 0.2) is 0 Å². The summed E-state index contributed by atoms with van der Waals surface area (Å²) in [5.41, 5.74) is 0.566. The van der Waals surface area contributed by atoms with Crippen LogP contribution in [0.25, 0.3) is 0 Å². The van der Waals surface area contributed by atoms with Crippen LogP contribution in [0.2, 0.25) is 0 Å². The standard InChI is InChI=1S/C19H20N2O3/c1-2-3-12-21-19(22)24-18(14-20)15-8-7-11-17(13-15)23-16-9-5-4-6-10-16/h4-11,13,18H,2-3,12H2,1H3,(H,21,22). The van der Waals surface area contributed by atoms with E-state index in [9.17, 15) is 10.1 Å². The highest BCUT2D eigenvalue weighted by molar-refractivity contribution is 5.67. The Morgan fingerprint density at radius 1 is 1.17 bits per heavy atom. The maximum Gasteiger partial charge on any atom is 0.408 e. The maximum absolute atomic E-state index is 11.7. The largest absolute Gasteiger partial charge is 0.457 e. The molecule has 2 aromatic carbocycles. The second-order valence-corrected chi connectivity index (χ2v) is 5.18. The van der Waals surface area contributed by atoms with Crippen LogP contribution in [0.5, 0.6) is 11.5 Å². The second-order valence-electron chi connectivity index (χ2n) is 5.18. The molecule has 0 fully saturated rings. The molecule has 1 N–H and O–H groups in total. The number of ether oxygens (including phenoxy) is 2. The molecule has 0 aliphatic carbocycles. The van der Waals surface area contributed by atoms with E-state index in [0.717, 1.165) is 12.8 Å². The van der Waals surface area contributed by atoms with Crippen LogP contribution in [0.3, 0.4) is 0 Å². The van der Waals surface area contributed by atoms with Gasteiger partial charge in [-0.05, 0) is 30.7 Å². The molecule has 0 aliphatic rings. The molecule has 124 valence electrons. The number of nitrogens with zero attached hydrogens (tertiary/aromatic N) is 1. The number of benzene rings is 2. The lowest BCUT2D eigenvalue weighted by molar-refractivity contribution is 0.122. The van der Waals surface area contributed by atoms with Crippen LogP contribution in [0.1, 0.15) is 31.4 Å². The molecular weight excluding hydrogens is 304 g/mol. The smallest absolute Gasteiger partial charge is 0.408 e. The lowest BCUT2D eigenvalue weighted by atomic mass is 10.1. The number of para-hydroxylation sites is 1. The molecule has 0 radical (unpaired) electrons. The van der Waals surface area contributed by atoms with Gasteiger partial charge in [-0.15, -0.1) is 0 Å². The number of nitriles is 1. The highest BCUT2D eigenvalue weighted by Gasteiger charge is 2.16. The van der Waals surface area contributed by atoms with Crippen molar-refractivity contribution in [2.75, 3.05) is 6.54 Å². The molecule has 0 aliphatic heterocycles. The average Bonchev–Trinajstić information content (AvgIpc) is 2.61. The van der Waals surface area contributed by atoms with E-state index in [2.05, 4.69) is 5.32 Å². The number of nitrogens with one attached hydrogen (secondary N) is 1. The first-order valence-corrected chi connectivity index (χ1v) is 7.90. The van der Waals surface area contributed by atoms with Gasteiger partial charge in [-0.1, -0.05) is 43.7 Å². The molecule has 24 heavy (non-hydrogen) atoms. The highest BCUT2D eigenvalue weighted by Crippen LogP contribution is 2.25. The van der Waals surface area contributed by atoms with Crippen molar-refractivity contribution in [3.05, 3.63) is 60.2 Å². The van der Waals surface area contributed by atoms with Crippen LogP contribution in [-0.4, -0.2) is 12.6 Å². The van der Waals surface area contributed by atoms with E-state index in [-0.39, 0.29) is 0 Å². The number of carbonyl (C=O) groups excluding carboxylic acids is 1. The Hall–Kier alpha value is -3.00. The summed E-state index contributed by atoms with van der Waals surface area (Å²) >= 11 is 0. The Labute approximate surface area is 141 Å². The predicted molar refractivity (Wildman–Crippen MR) is 90.7 cm³/mol. The highest BCUT2D eigenvalue weighted by atomic mass is 16.6. The van der Waals surface area contributed by atoms with Crippen molar-refractivity contribution in [3.63, 3.8) is 0 Å². The number of carbonyl (C=O) groups is 1. The molecule has 5 nitrogen and oxygen atoms in total. The SMILES string of the molecule is CCCCNC(=O)OC(C#N)c1cccc(Oc2ccccc2)c1. The molecule has 1 unspecified atom stereocenters. The first-order valence-electron chi connectivity index (χ1n) is 7.90. The summed E-state index contributed by atoms with van der Waals surface area (Å²) in [7, 11) is 0. The summed E-state index contributed by atoms with van der Waals surface area (Å²) < 4.78 is 10.9. The van der Waals surface area contributed by atoms with Crippen molar-refractivity contribution in [3.8, 4) is 17.6 Å². The van der Waals surface area contributed by atoms with Crippen molar-refractivity contribution in [1.82, 2.24) is 5.32 Å². The lowest BCUT2D eigenvalue weighted by Crippen LogP contribution is -2.26. The molecule has 0 spiro atoms. The Morgan fingerprint density at radius 2 is 1.92 bits per heavy atom. The summed E-state index contributed by atoms with van der Waals surface area (Å²) in [5, 5.41) is 11.9. The molecule has 2 rings (SSSR count). The van der Waals surface area contributed by atoms with E-state index in [1.807, 2.05) is 43.3 Å². The van der Waals surface area contributed by atoms with Gasteiger partial charge in [0.05, 0.1) is 0 Å². The van der Waals surface area contributed by atoms with Gasteiger partial charge >= 0.3 is 6.09 Å². The van der Waals surface area contributed by atoms with E-state index >= 15 is 0 Å². The van der Waals surface area contributed by atoms with Crippen molar-refractivity contribution >= 4 is 6.09 Å². The zero-order chi connectivity index (χ0) is 17.2. The zero-order valence-electron chi connectivity index (χ0n) is 13.6. The monoisotopic (exact) mass is 324 g/mol. The van der Waals surface area contributed by atoms with Crippen molar-refractivity contribution in [1.29, 1.82) is 5.26 Å². The number of amides is 1. The predicted octanol–water partition coefficient (Wildman–Crippen LogP) is 4.57. The molecule has 0 saturated heterocycles. The van der Waals surface area contributed by atoms with E-state index in [4.69, 9.17) is 9.47 Å². The summed E-state index contributed by atoms with van der Waals surface area (Å²) in [6, 6.07) is 18.3. The minimum absolute atomic E-state index is 0.532. The first kappa shape index (κ1) is 17.4. The molecule has 5 heteroatoms. The van der Waals surface area contributed by atoms with Crippen LogP contribution in [0.15, 0.2) is 54.6 Å². The quantitative estimate of drug-likeness (QED) is 0.757. The molecule has 1 atom stereocenters. The maximum atomic E-state index is 11.7. The van der Waals surface area contributed by atoms with Gasteiger partial charge in [-0.2, -0.15) is 5.26 Å². The van der Waals surface area contributed by atoms with E-state index in [1.54, 1.807) is 24.3 Å². The minimum atomic E-state index is -0.981. The van der Waals surface area contributed by atoms with Gasteiger partial charge in [-0.3, -0.25) is 0 Å². The molecule has 0 heterocycles. The van der Waals surface area contributed by atoms with Crippen molar-refractivity contribution < 1.29 is 14.3 Å². The van der Waals surface area contributed by atoms with Crippen LogP contribution < -0.4 is 10.1 Å². The van der Waals surface area contributed by atoms with Crippen molar-refractivity contribution in [2.45, 2.75) is 25.9 Å². The molecule has 0 saturated carbocycles. The minimum Gasteiger partial charge on any atom is -0.457 e. The summed E-state index contributed by atoms with van der Waals surface area (Å²) in [6.07, 6.45) is 0.267. The number of rotatable bonds is 7. The molecule has 0 bridgehead atoms. The number of hydrogen-bond acceptors (Lipinski definition) is 4. The Balaban J connectivity index is 2.02. The third-order valence-electron chi connectivity index (χ3n) is 3.28. The fraction of sp³-hybridized carbons (Fsp3) is 0.263. The molecule has 0 aromatic heterocycles. The average molecular weight is 324 g/mol. The zero-order valence-corrected chi connectivity index (χ0v) is 13.6. The molecule has 1 amide bonds. The van der Waals surface area contributed by atoms with Gasteiger partial charge in [0.25, 0.3) is 0 Å². The lowest BCUT2D eigenvalue weighted by Gasteiger charge is -2.13. The van der Waals surface area contributed by atoms with Crippen LogP contribution >= 0.6 is 0 Å². The number of hydrogen-bond donors (Lipinski definition) is 1. The molecule has 2 aromatic rings. The van der Waals surface area contributed by atoms with Gasteiger partial charge in [0.2, 0.25) is 6.10 Å². The van der Waals surface area contributed by atoms with Gasteiger partial charge in [0, 0.05) is 12.1 Å². The van der Waals surface area contributed by atoms with Crippen molar-refractivity contribution in [2.24, 2.45) is 0 Å². The van der Waals surface area contributed by atoms with Crippen LogP contribution in [0, 0.1) is 11.3 Å². The summed E-state index contributed by atoms with van der Waals surface area (Å²) in [4.78, 5) is 11.7. The van der Waals surface area contributed by atoms with Crippen LogP contribution in [-0.2, 0) is 4.74 Å². The van der Waals surface area contributed by atoms with Gasteiger partial charge in [0.1, 0.15) is 17.6 Å². The summed E-state index contributed by atoms with van der Waals surface area (Å²) in [5.74, 6) is 1.27. The van der Waals surface area contributed by atoms with E-state index in [1.165, 1.54) is 0 Å². The van der Waals surface area contributed by atoms with Crippen LogP contribution in [0.4, 0.5) is 4.79 Å². The fourth-order valence-electron chi connectivity index (χ4n) is 2.05. The number of unbranched alkanes of at least 4 members (excludes halogenated alkanes) is 1. The Kier molecular flexibility index (Phi) is 6.66.